The lowest BCUT2D eigenvalue weighted by Gasteiger charge is -2.26. The van der Waals surface area contributed by atoms with Gasteiger partial charge in [-0.1, -0.05) is 27.7 Å². The van der Waals surface area contributed by atoms with E-state index >= 15 is 0 Å². The van der Waals surface area contributed by atoms with Gasteiger partial charge in [-0.05, 0) is 24.7 Å². The summed E-state index contributed by atoms with van der Waals surface area (Å²) >= 11 is 4.07. The van der Waals surface area contributed by atoms with Crippen LogP contribution in [0.1, 0.15) is 47.0 Å². The third kappa shape index (κ3) is 11.0. The second-order valence-corrected chi connectivity index (χ2v) is 8.48. The number of carboxylic acid groups (broad SMARTS) is 1. The van der Waals surface area contributed by atoms with E-state index in [0.29, 0.717) is 0 Å². The van der Waals surface area contributed by atoms with Crippen LogP contribution >= 0.6 is 12.6 Å². The summed E-state index contributed by atoms with van der Waals surface area (Å²) in [5, 5.41) is 16.7. The SMILES string of the molecule is CC(C)CC(NC(=O)C(CS)NC(=O)C(NC(=O)C(N)CCC(N)=O)C(C)C)C(=O)O. The van der Waals surface area contributed by atoms with Crippen LogP contribution in [0, 0.1) is 11.8 Å². The van der Waals surface area contributed by atoms with Crippen molar-refractivity contribution < 1.29 is 29.1 Å². The molecule has 0 aliphatic rings. The van der Waals surface area contributed by atoms with Gasteiger partial charge in [-0.3, -0.25) is 19.2 Å². The maximum atomic E-state index is 12.7. The first-order valence-electron chi connectivity index (χ1n) is 10.1. The molecule has 0 aromatic heterocycles. The van der Waals surface area contributed by atoms with Crippen molar-refractivity contribution in [2.75, 3.05) is 5.75 Å². The van der Waals surface area contributed by atoms with Crippen LogP contribution < -0.4 is 27.4 Å². The number of carbonyl (C=O) groups excluding carboxylic acids is 4. The van der Waals surface area contributed by atoms with Crippen LogP contribution in [0.5, 0.6) is 0 Å². The van der Waals surface area contributed by atoms with Crippen LogP contribution in [-0.4, -0.2) is 64.6 Å². The highest BCUT2D eigenvalue weighted by atomic mass is 32.1. The van der Waals surface area contributed by atoms with Crippen molar-refractivity contribution in [1.82, 2.24) is 16.0 Å². The van der Waals surface area contributed by atoms with Crippen molar-refractivity contribution in [2.45, 2.75) is 71.1 Å². The number of primary amides is 1. The largest absolute Gasteiger partial charge is 0.480 e. The molecule has 0 aromatic carbocycles. The van der Waals surface area contributed by atoms with Gasteiger partial charge in [0.05, 0.1) is 6.04 Å². The average molecular weight is 462 g/mol. The summed E-state index contributed by atoms with van der Waals surface area (Å²) in [7, 11) is 0. The van der Waals surface area contributed by atoms with E-state index in [1.165, 1.54) is 0 Å². The van der Waals surface area contributed by atoms with Crippen molar-refractivity contribution in [1.29, 1.82) is 0 Å². The fourth-order valence-corrected chi connectivity index (χ4v) is 2.90. The highest BCUT2D eigenvalue weighted by molar-refractivity contribution is 7.80. The van der Waals surface area contributed by atoms with E-state index in [9.17, 15) is 29.1 Å². The van der Waals surface area contributed by atoms with Gasteiger partial charge in [0, 0.05) is 12.2 Å². The molecule has 178 valence electrons. The predicted octanol–water partition coefficient (Wildman–Crippen LogP) is -1.25. The monoisotopic (exact) mass is 461 g/mol. The maximum absolute atomic E-state index is 12.7. The first-order chi connectivity index (χ1) is 14.3. The van der Waals surface area contributed by atoms with Crippen LogP contribution in [-0.2, 0) is 24.0 Å². The lowest BCUT2D eigenvalue weighted by atomic mass is 10.0. The normalized spacial score (nSPS) is 15.0. The van der Waals surface area contributed by atoms with Crippen molar-refractivity contribution in [3.05, 3.63) is 0 Å². The minimum absolute atomic E-state index is 0.0295. The van der Waals surface area contributed by atoms with Gasteiger partial charge in [-0.25, -0.2) is 4.79 Å². The number of hydrogen-bond acceptors (Lipinski definition) is 7. The number of nitrogens with two attached hydrogens (primary N) is 2. The molecule has 0 aromatic rings. The van der Waals surface area contributed by atoms with Gasteiger partial charge in [-0.15, -0.1) is 0 Å². The molecular formula is C19H35N5O6S. The fourth-order valence-electron chi connectivity index (χ4n) is 2.64. The number of aliphatic carboxylic acids is 1. The highest BCUT2D eigenvalue weighted by Crippen LogP contribution is 2.07. The summed E-state index contributed by atoms with van der Waals surface area (Å²) < 4.78 is 0. The molecule has 0 saturated heterocycles. The zero-order valence-corrected chi connectivity index (χ0v) is 19.3. The third-order valence-corrected chi connectivity index (χ3v) is 4.79. The number of carboxylic acids is 1. The van der Waals surface area contributed by atoms with Gasteiger partial charge in [0.2, 0.25) is 23.6 Å². The van der Waals surface area contributed by atoms with E-state index in [1.54, 1.807) is 13.8 Å². The Kier molecular flexibility index (Phi) is 12.8. The van der Waals surface area contributed by atoms with Crippen LogP contribution in [0.25, 0.3) is 0 Å². The standard InChI is InChI=1S/C19H35N5O6S/c1-9(2)7-12(19(29)30)22-17(27)13(8-31)23-18(28)15(10(3)4)24-16(26)11(20)5-6-14(21)25/h9-13,15,31H,5-8,20H2,1-4H3,(H2,21,25)(H,22,27)(H,23,28)(H,24,26)(H,29,30). The molecule has 0 spiro atoms. The lowest BCUT2D eigenvalue weighted by molar-refractivity contribution is -0.142. The maximum Gasteiger partial charge on any atom is 0.326 e. The van der Waals surface area contributed by atoms with Gasteiger partial charge >= 0.3 is 5.97 Å². The second-order valence-electron chi connectivity index (χ2n) is 8.11. The van der Waals surface area contributed by atoms with E-state index in [0.717, 1.165) is 0 Å². The highest BCUT2D eigenvalue weighted by Gasteiger charge is 2.31. The fraction of sp³-hybridized carbons (Fsp3) is 0.737. The molecule has 4 unspecified atom stereocenters. The Bertz CT molecular complexity index is 658. The molecular weight excluding hydrogens is 426 g/mol. The van der Waals surface area contributed by atoms with Crippen molar-refractivity contribution in [2.24, 2.45) is 23.3 Å². The molecule has 0 heterocycles. The Balaban J connectivity index is 5.13. The molecule has 12 heteroatoms. The quantitative estimate of drug-likeness (QED) is 0.157. The second kappa shape index (κ2) is 13.9. The zero-order chi connectivity index (χ0) is 24.3. The Morgan fingerprint density at radius 2 is 1.45 bits per heavy atom. The van der Waals surface area contributed by atoms with Gasteiger partial charge in [-0.2, -0.15) is 12.6 Å². The van der Waals surface area contributed by atoms with Gasteiger partial charge in [0.1, 0.15) is 18.1 Å². The number of hydrogen-bond donors (Lipinski definition) is 7. The number of thiol groups is 1. The first kappa shape index (κ1) is 28.7. The van der Waals surface area contributed by atoms with E-state index < -0.39 is 53.8 Å². The van der Waals surface area contributed by atoms with Crippen molar-refractivity contribution in [3.8, 4) is 0 Å². The molecule has 0 saturated carbocycles. The van der Waals surface area contributed by atoms with Crippen LogP contribution in [0.2, 0.25) is 0 Å². The molecule has 8 N–H and O–H groups in total. The van der Waals surface area contributed by atoms with E-state index in [4.69, 9.17) is 11.5 Å². The molecule has 11 nitrogen and oxygen atoms in total. The number of nitrogens with one attached hydrogen (secondary N) is 3. The summed E-state index contributed by atoms with van der Waals surface area (Å²) in [6, 6.07) is -4.24. The first-order valence-corrected chi connectivity index (χ1v) is 10.7. The van der Waals surface area contributed by atoms with Crippen molar-refractivity contribution in [3.63, 3.8) is 0 Å². The van der Waals surface area contributed by atoms with Crippen LogP contribution in [0.15, 0.2) is 0 Å². The molecule has 0 bridgehead atoms. The Morgan fingerprint density at radius 3 is 1.87 bits per heavy atom. The van der Waals surface area contributed by atoms with Crippen molar-refractivity contribution >= 4 is 42.2 Å². The number of carbonyl (C=O) groups is 5. The van der Waals surface area contributed by atoms with E-state index in [1.807, 2.05) is 13.8 Å². The molecule has 4 atom stereocenters. The predicted molar refractivity (Wildman–Crippen MR) is 118 cm³/mol. The molecule has 0 fully saturated rings. The molecule has 31 heavy (non-hydrogen) atoms. The minimum atomic E-state index is -1.18. The molecule has 4 amide bonds. The van der Waals surface area contributed by atoms with Crippen LogP contribution in [0.4, 0.5) is 0 Å². The zero-order valence-electron chi connectivity index (χ0n) is 18.4. The number of amides is 4. The topological polar surface area (TPSA) is 194 Å². The average Bonchev–Trinajstić information content (AvgIpc) is 2.66. The summed E-state index contributed by atoms with van der Waals surface area (Å²) in [5.74, 6) is -4.13. The molecule has 0 aliphatic heterocycles. The number of rotatable bonds is 14. The van der Waals surface area contributed by atoms with E-state index in [2.05, 4.69) is 28.6 Å². The Labute approximate surface area is 187 Å². The van der Waals surface area contributed by atoms with Gasteiger partial charge in [0.25, 0.3) is 0 Å². The summed E-state index contributed by atoms with van der Waals surface area (Å²) in [4.78, 5) is 59.7. The molecule has 0 aliphatic carbocycles. The van der Waals surface area contributed by atoms with Crippen LogP contribution in [0.3, 0.4) is 0 Å². The molecule has 0 radical (unpaired) electrons. The Hall–Kier alpha value is -2.34. The Morgan fingerprint density at radius 1 is 0.903 bits per heavy atom. The smallest absolute Gasteiger partial charge is 0.326 e. The lowest BCUT2D eigenvalue weighted by Crippen LogP contribution is -2.59. The van der Waals surface area contributed by atoms with Gasteiger partial charge < -0.3 is 32.5 Å². The molecule has 0 rings (SSSR count). The van der Waals surface area contributed by atoms with E-state index in [-0.39, 0.29) is 36.9 Å². The minimum Gasteiger partial charge on any atom is -0.480 e. The summed E-state index contributed by atoms with van der Waals surface area (Å²) in [6.07, 6.45) is 0.181. The van der Waals surface area contributed by atoms with Gasteiger partial charge in [0.15, 0.2) is 0 Å². The summed E-state index contributed by atoms with van der Waals surface area (Å²) in [6.45, 7) is 7.03. The third-order valence-electron chi connectivity index (χ3n) is 4.42. The summed E-state index contributed by atoms with van der Waals surface area (Å²) in [5.41, 5.74) is 10.8.